The van der Waals surface area contributed by atoms with Crippen molar-refractivity contribution in [1.82, 2.24) is 0 Å². The predicted octanol–water partition coefficient (Wildman–Crippen LogP) is 3.54. The highest BCUT2D eigenvalue weighted by atomic mass is 16.1. The highest BCUT2D eigenvalue weighted by Crippen LogP contribution is 2.61. The van der Waals surface area contributed by atoms with Crippen LogP contribution in [0.4, 0.5) is 0 Å². The van der Waals surface area contributed by atoms with E-state index in [0.717, 1.165) is 48.1 Å². The van der Waals surface area contributed by atoms with Crippen LogP contribution in [0.1, 0.15) is 54.4 Å². The van der Waals surface area contributed by atoms with Crippen LogP contribution < -0.4 is 5.73 Å². The van der Waals surface area contributed by atoms with Gasteiger partial charge in [0, 0.05) is 17.5 Å². The summed E-state index contributed by atoms with van der Waals surface area (Å²) in [5.41, 5.74) is 7.71. The molecular formula is C18H23NO. The molecule has 0 atom stereocenters. The van der Waals surface area contributed by atoms with E-state index in [9.17, 15) is 4.79 Å². The molecule has 4 bridgehead atoms. The quantitative estimate of drug-likeness (QED) is 0.853. The van der Waals surface area contributed by atoms with Crippen LogP contribution in [-0.4, -0.2) is 5.78 Å². The third kappa shape index (κ3) is 1.77. The molecule has 0 unspecified atom stereocenters. The number of ketones is 1. The fourth-order valence-electron chi connectivity index (χ4n) is 5.59. The van der Waals surface area contributed by atoms with Crippen LogP contribution in [0.25, 0.3) is 0 Å². The molecule has 2 nitrogen and oxygen atoms in total. The molecule has 4 aliphatic rings. The Hall–Kier alpha value is -1.15. The van der Waals surface area contributed by atoms with Crippen molar-refractivity contribution in [2.75, 3.05) is 0 Å². The second-order valence-corrected chi connectivity index (χ2v) is 7.39. The number of hydrogen-bond acceptors (Lipinski definition) is 2. The lowest BCUT2D eigenvalue weighted by atomic mass is 9.48. The van der Waals surface area contributed by atoms with Crippen molar-refractivity contribution in [2.45, 2.75) is 45.1 Å². The first-order valence-electron chi connectivity index (χ1n) is 8.03. The molecule has 106 valence electrons. The Bertz CT molecular complexity index is 513. The van der Waals surface area contributed by atoms with Gasteiger partial charge in [0.05, 0.1) is 0 Å². The molecule has 2 N–H and O–H groups in total. The second-order valence-electron chi connectivity index (χ2n) is 7.39. The van der Waals surface area contributed by atoms with Crippen LogP contribution in [-0.2, 0) is 6.54 Å². The fraction of sp³-hybridized carbons (Fsp3) is 0.611. The zero-order valence-corrected chi connectivity index (χ0v) is 12.0. The Morgan fingerprint density at radius 2 is 1.60 bits per heavy atom. The van der Waals surface area contributed by atoms with Crippen LogP contribution in [0, 0.1) is 23.2 Å². The van der Waals surface area contributed by atoms with E-state index in [1.54, 1.807) is 0 Å². The maximum absolute atomic E-state index is 13.2. The number of Topliss-reactive ketones (excluding diaryl/α,β-unsaturated/α-hetero) is 1. The Kier molecular flexibility index (Phi) is 2.78. The van der Waals surface area contributed by atoms with Crippen LogP contribution in [0.15, 0.2) is 24.3 Å². The third-order valence-electron chi connectivity index (χ3n) is 6.00. The molecule has 0 heterocycles. The SMILES string of the molecule is NCc1ccccc1C(=O)C12CC3CC(CC(C3)C1)C2. The molecule has 1 aromatic rings. The van der Waals surface area contributed by atoms with Gasteiger partial charge in [0.25, 0.3) is 0 Å². The molecule has 4 fully saturated rings. The van der Waals surface area contributed by atoms with Crippen molar-refractivity contribution in [3.8, 4) is 0 Å². The number of rotatable bonds is 3. The summed E-state index contributed by atoms with van der Waals surface area (Å²) < 4.78 is 0. The Morgan fingerprint density at radius 1 is 1.05 bits per heavy atom. The Morgan fingerprint density at radius 3 is 2.15 bits per heavy atom. The van der Waals surface area contributed by atoms with Crippen molar-refractivity contribution in [3.05, 3.63) is 35.4 Å². The van der Waals surface area contributed by atoms with Crippen molar-refractivity contribution < 1.29 is 4.79 Å². The molecule has 0 radical (unpaired) electrons. The summed E-state index contributed by atoms with van der Waals surface area (Å²) in [6, 6.07) is 7.96. The minimum absolute atomic E-state index is 0.0416. The van der Waals surface area contributed by atoms with E-state index in [4.69, 9.17) is 5.73 Å². The van der Waals surface area contributed by atoms with Gasteiger partial charge in [-0.3, -0.25) is 4.79 Å². The van der Waals surface area contributed by atoms with Crippen molar-refractivity contribution in [2.24, 2.45) is 28.9 Å². The van der Waals surface area contributed by atoms with Crippen LogP contribution >= 0.6 is 0 Å². The first-order valence-corrected chi connectivity index (χ1v) is 8.03. The van der Waals surface area contributed by atoms with E-state index >= 15 is 0 Å². The first-order chi connectivity index (χ1) is 9.70. The summed E-state index contributed by atoms with van der Waals surface area (Å²) in [6.07, 6.45) is 7.55. The monoisotopic (exact) mass is 269 g/mol. The minimum atomic E-state index is -0.0416. The molecule has 4 aliphatic carbocycles. The topological polar surface area (TPSA) is 43.1 Å². The van der Waals surface area contributed by atoms with Gasteiger partial charge in [-0.1, -0.05) is 24.3 Å². The summed E-state index contributed by atoms with van der Waals surface area (Å²) in [6.45, 7) is 0.467. The highest BCUT2D eigenvalue weighted by Gasteiger charge is 2.54. The molecule has 4 saturated carbocycles. The van der Waals surface area contributed by atoms with Crippen LogP contribution in [0.2, 0.25) is 0 Å². The van der Waals surface area contributed by atoms with Gasteiger partial charge in [-0.05, 0) is 61.8 Å². The maximum Gasteiger partial charge on any atom is 0.169 e. The van der Waals surface area contributed by atoms with E-state index in [0.29, 0.717) is 12.3 Å². The highest BCUT2D eigenvalue weighted by molar-refractivity contribution is 6.02. The van der Waals surface area contributed by atoms with Gasteiger partial charge in [0.2, 0.25) is 0 Å². The average molecular weight is 269 g/mol. The van der Waals surface area contributed by atoms with Gasteiger partial charge in [-0.15, -0.1) is 0 Å². The van der Waals surface area contributed by atoms with E-state index < -0.39 is 0 Å². The molecule has 0 aromatic heterocycles. The minimum Gasteiger partial charge on any atom is -0.326 e. The fourth-order valence-corrected chi connectivity index (χ4v) is 5.59. The zero-order chi connectivity index (χ0) is 13.7. The van der Waals surface area contributed by atoms with Crippen molar-refractivity contribution in [1.29, 1.82) is 0 Å². The van der Waals surface area contributed by atoms with Gasteiger partial charge in [-0.25, -0.2) is 0 Å². The molecule has 5 rings (SSSR count). The smallest absolute Gasteiger partial charge is 0.169 e. The van der Waals surface area contributed by atoms with Gasteiger partial charge in [0.1, 0.15) is 0 Å². The van der Waals surface area contributed by atoms with E-state index in [1.807, 2.05) is 24.3 Å². The number of carbonyl (C=O) groups excluding carboxylic acids is 1. The van der Waals surface area contributed by atoms with Gasteiger partial charge in [0.15, 0.2) is 5.78 Å². The average Bonchev–Trinajstić information content (AvgIpc) is 2.45. The molecule has 0 spiro atoms. The van der Waals surface area contributed by atoms with Crippen LogP contribution in [0.5, 0.6) is 0 Å². The molecule has 0 amide bonds. The maximum atomic E-state index is 13.2. The molecule has 0 aliphatic heterocycles. The summed E-state index contributed by atoms with van der Waals surface area (Å²) in [4.78, 5) is 13.2. The standard InChI is InChI=1S/C18H23NO/c19-11-15-3-1-2-4-16(15)17(20)18-8-12-5-13(9-18)7-14(6-12)10-18/h1-4,12-14H,5-11,19H2. The molecule has 20 heavy (non-hydrogen) atoms. The van der Waals surface area contributed by atoms with Crippen molar-refractivity contribution >= 4 is 5.78 Å². The van der Waals surface area contributed by atoms with E-state index in [-0.39, 0.29) is 5.41 Å². The molecule has 1 aromatic carbocycles. The predicted molar refractivity (Wildman–Crippen MR) is 79.3 cm³/mol. The Balaban J connectivity index is 1.71. The van der Waals surface area contributed by atoms with E-state index in [1.165, 1.54) is 19.3 Å². The summed E-state index contributed by atoms with van der Waals surface area (Å²) in [7, 11) is 0. The second kappa shape index (κ2) is 4.42. The largest absolute Gasteiger partial charge is 0.326 e. The number of nitrogens with two attached hydrogens (primary N) is 1. The number of carbonyl (C=O) groups is 1. The van der Waals surface area contributed by atoms with Crippen molar-refractivity contribution in [3.63, 3.8) is 0 Å². The summed E-state index contributed by atoms with van der Waals surface area (Å²) >= 11 is 0. The summed E-state index contributed by atoms with van der Waals surface area (Å²) in [5, 5.41) is 0. The molecule has 0 saturated heterocycles. The number of hydrogen-bond donors (Lipinski definition) is 1. The van der Waals surface area contributed by atoms with Gasteiger partial charge in [-0.2, -0.15) is 0 Å². The molecule has 2 heteroatoms. The lowest BCUT2D eigenvalue weighted by Crippen LogP contribution is -2.50. The third-order valence-corrected chi connectivity index (χ3v) is 6.00. The molecular weight excluding hydrogens is 246 g/mol. The normalized spacial score (nSPS) is 38.1. The first kappa shape index (κ1) is 12.6. The lowest BCUT2D eigenvalue weighted by Gasteiger charge is -2.56. The van der Waals surface area contributed by atoms with Gasteiger partial charge < -0.3 is 5.73 Å². The van der Waals surface area contributed by atoms with Crippen LogP contribution in [0.3, 0.4) is 0 Å². The zero-order valence-electron chi connectivity index (χ0n) is 12.0. The van der Waals surface area contributed by atoms with Gasteiger partial charge >= 0.3 is 0 Å². The number of benzene rings is 1. The van der Waals surface area contributed by atoms with E-state index in [2.05, 4.69) is 0 Å². The summed E-state index contributed by atoms with van der Waals surface area (Å²) in [5.74, 6) is 2.85. The Labute approximate surface area is 120 Å². The lowest BCUT2D eigenvalue weighted by molar-refractivity contribution is -0.0353.